The summed E-state index contributed by atoms with van der Waals surface area (Å²) >= 11 is 4.34. The molecule has 0 aromatic carbocycles. The Hall–Kier alpha value is -0.320. The fourth-order valence-corrected chi connectivity index (χ4v) is 1.13. The summed E-state index contributed by atoms with van der Waals surface area (Å²) in [5, 5.41) is 20.6. The first-order valence-electron chi connectivity index (χ1n) is 3.47. The normalized spacial score (nSPS) is 40.9. The first-order valence-corrected chi connectivity index (χ1v) is 3.88. The van der Waals surface area contributed by atoms with Crippen LogP contribution in [0.25, 0.3) is 0 Å². The lowest BCUT2D eigenvalue weighted by Crippen LogP contribution is -2.32. The number of ether oxygens (including phenoxy) is 1. The molecule has 0 bridgehead atoms. The van der Waals surface area contributed by atoms with Crippen LogP contribution in [-0.2, 0) is 4.74 Å². The van der Waals surface area contributed by atoms with Crippen molar-refractivity contribution in [3.63, 3.8) is 0 Å². The topological polar surface area (TPSA) is 62.0 Å². The molecule has 1 unspecified atom stereocenters. The summed E-state index contributed by atoms with van der Waals surface area (Å²) in [6.45, 7) is 5.49. The number of hydrogen-bond acceptors (Lipinski definition) is 5. The molecule has 2 N–H and O–H groups in total. The first-order chi connectivity index (χ1) is 5.66. The average Bonchev–Trinajstić information content (AvgIpc) is 2.30. The number of hydrogen-bond donors (Lipinski definition) is 2. The van der Waals surface area contributed by atoms with Crippen LogP contribution < -0.4 is 0 Å². The van der Waals surface area contributed by atoms with Gasteiger partial charge in [-0.05, 0) is 19.1 Å². The van der Waals surface area contributed by atoms with Crippen molar-refractivity contribution < 1.29 is 14.9 Å². The molecule has 66 valence electrons. The Kier molecular flexibility index (Phi) is 3.31. The van der Waals surface area contributed by atoms with E-state index >= 15 is 0 Å². The molecule has 4 atom stereocenters. The smallest absolute Gasteiger partial charge is 0.110 e. The van der Waals surface area contributed by atoms with Crippen LogP contribution in [0.4, 0.5) is 0 Å². The highest BCUT2D eigenvalue weighted by Crippen LogP contribution is 2.20. The Balaban J connectivity index is 2.52. The van der Waals surface area contributed by atoms with Gasteiger partial charge in [-0.3, -0.25) is 0 Å². The highest BCUT2D eigenvalue weighted by molar-refractivity contribution is 7.78. The molecule has 2 radical (unpaired) electrons. The Labute approximate surface area is 75.9 Å². The summed E-state index contributed by atoms with van der Waals surface area (Å²) in [7, 11) is 0. The lowest BCUT2D eigenvalue weighted by molar-refractivity contribution is 0.0269. The third-order valence-corrected chi connectivity index (χ3v) is 1.86. The molecule has 1 rings (SSSR count). The number of aliphatic hydroxyl groups is 2. The minimum atomic E-state index is -1.05. The van der Waals surface area contributed by atoms with Gasteiger partial charge in [-0.1, -0.05) is 0 Å². The maximum absolute atomic E-state index is 9.28. The lowest BCUT2D eigenvalue weighted by Gasteiger charge is -2.10. The summed E-state index contributed by atoms with van der Waals surface area (Å²) in [6.07, 6.45) is -3.46. The van der Waals surface area contributed by atoms with Crippen LogP contribution in [0.5, 0.6) is 0 Å². The Morgan fingerprint density at radius 3 is 2.58 bits per heavy atom. The van der Waals surface area contributed by atoms with Crippen molar-refractivity contribution in [2.45, 2.75) is 24.4 Å². The van der Waals surface area contributed by atoms with Crippen LogP contribution in [0.1, 0.15) is 0 Å². The third kappa shape index (κ3) is 1.88. The molecule has 1 heterocycles. The molecule has 0 aromatic rings. The molecule has 1 aliphatic heterocycles. The fourth-order valence-electron chi connectivity index (χ4n) is 1.06. The van der Waals surface area contributed by atoms with E-state index in [-0.39, 0.29) is 6.54 Å². The molecule has 0 saturated carbocycles. The predicted octanol–water partition coefficient (Wildman–Crippen LogP) is -0.711. The van der Waals surface area contributed by atoms with Gasteiger partial charge in [-0.2, -0.15) is 0 Å². The van der Waals surface area contributed by atoms with Crippen LogP contribution in [0.3, 0.4) is 0 Å². The lowest BCUT2D eigenvalue weighted by atomic mass is 10.1. The van der Waals surface area contributed by atoms with E-state index in [1.54, 1.807) is 0 Å². The van der Waals surface area contributed by atoms with Crippen LogP contribution in [0.2, 0.25) is 0 Å². The van der Waals surface area contributed by atoms with Gasteiger partial charge in [0.25, 0.3) is 0 Å². The summed E-state index contributed by atoms with van der Waals surface area (Å²) in [5.74, 6) is 0. The van der Waals surface area contributed by atoms with Gasteiger partial charge < -0.3 is 14.9 Å². The van der Waals surface area contributed by atoms with Crippen LogP contribution >= 0.6 is 12.2 Å². The number of isothiocyanates is 1. The first kappa shape index (κ1) is 9.77. The summed E-state index contributed by atoms with van der Waals surface area (Å²) in [4.78, 5) is 3.59. The Bertz CT molecular complexity index is 205. The number of rotatable bonds is 2. The second-order valence-electron chi connectivity index (χ2n) is 2.55. The highest BCUT2D eigenvalue weighted by atomic mass is 32.1. The van der Waals surface area contributed by atoms with E-state index < -0.39 is 24.4 Å². The molecule has 0 amide bonds. The molecule has 0 spiro atoms. The van der Waals surface area contributed by atoms with E-state index in [4.69, 9.17) is 16.8 Å². The number of aliphatic hydroxyl groups excluding tert-OH is 2. The minimum absolute atomic E-state index is 0.176. The molecule has 12 heavy (non-hydrogen) atoms. The van der Waals surface area contributed by atoms with E-state index in [1.807, 2.05) is 0 Å². The number of aliphatic imine (C=N–C) groups is 1. The van der Waals surface area contributed by atoms with Crippen molar-refractivity contribution in [2.24, 2.45) is 4.99 Å². The summed E-state index contributed by atoms with van der Waals surface area (Å²) in [6, 6.07) is 0. The molecule has 1 aliphatic rings. The molecule has 0 aromatic heterocycles. The minimum Gasteiger partial charge on any atom is -0.388 e. The Morgan fingerprint density at radius 1 is 1.50 bits per heavy atom. The van der Waals surface area contributed by atoms with Gasteiger partial charge in [-0.15, -0.1) is 0 Å². The fraction of sp³-hybridized carbons (Fsp3) is 0.714. The molecular weight excluding hydrogens is 178 g/mol. The second kappa shape index (κ2) is 4.07. The van der Waals surface area contributed by atoms with Crippen molar-refractivity contribution in [3.8, 4) is 0 Å². The van der Waals surface area contributed by atoms with Gasteiger partial charge in [0.15, 0.2) is 0 Å². The zero-order chi connectivity index (χ0) is 9.14. The van der Waals surface area contributed by atoms with Gasteiger partial charge in [0.05, 0.1) is 17.8 Å². The number of nitrogens with zero attached hydrogens (tertiary/aromatic N) is 1. The van der Waals surface area contributed by atoms with E-state index in [0.29, 0.717) is 0 Å². The molecule has 1 saturated heterocycles. The number of thiocarbonyl (C=S) groups is 1. The zero-order valence-corrected chi connectivity index (χ0v) is 7.07. The average molecular weight is 187 g/mol. The summed E-state index contributed by atoms with van der Waals surface area (Å²) in [5.41, 5.74) is 0. The van der Waals surface area contributed by atoms with Crippen molar-refractivity contribution in [2.75, 3.05) is 6.54 Å². The van der Waals surface area contributed by atoms with Gasteiger partial charge in [-0.25, -0.2) is 4.99 Å². The van der Waals surface area contributed by atoms with Crippen molar-refractivity contribution in [1.29, 1.82) is 0 Å². The van der Waals surface area contributed by atoms with Gasteiger partial charge in [0.1, 0.15) is 18.3 Å². The van der Waals surface area contributed by atoms with E-state index in [1.165, 1.54) is 0 Å². The Morgan fingerprint density at radius 2 is 2.17 bits per heavy atom. The van der Waals surface area contributed by atoms with Crippen molar-refractivity contribution in [1.82, 2.24) is 0 Å². The SMILES string of the molecule is [CH][C@@H]1O[C@H](CN=C=S)[C@H](O)C1O. The summed E-state index contributed by atoms with van der Waals surface area (Å²) < 4.78 is 4.99. The third-order valence-electron chi connectivity index (χ3n) is 1.74. The highest BCUT2D eigenvalue weighted by Gasteiger charge is 2.39. The monoisotopic (exact) mass is 187 g/mol. The molecule has 1 fully saturated rings. The van der Waals surface area contributed by atoms with E-state index in [9.17, 15) is 5.11 Å². The van der Waals surface area contributed by atoms with Gasteiger partial charge >= 0.3 is 0 Å². The standard InChI is InChI=1S/C7H9NO3S/c1-4-6(9)7(10)5(11-4)2-8-3-12/h1,4-7,9-10H,2H2/t4-,5+,6?,7-/m0/s1. The largest absolute Gasteiger partial charge is 0.388 e. The van der Waals surface area contributed by atoms with Crippen LogP contribution in [0.15, 0.2) is 4.99 Å². The quantitative estimate of drug-likeness (QED) is 0.443. The van der Waals surface area contributed by atoms with Crippen molar-refractivity contribution >= 4 is 17.4 Å². The van der Waals surface area contributed by atoms with Gasteiger partial charge in [0, 0.05) is 0 Å². The maximum Gasteiger partial charge on any atom is 0.110 e. The molecule has 0 aliphatic carbocycles. The molecule has 4 nitrogen and oxygen atoms in total. The molecule has 5 heteroatoms. The van der Waals surface area contributed by atoms with Crippen LogP contribution in [0, 0.1) is 6.92 Å². The van der Waals surface area contributed by atoms with Crippen LogP contribution in [-0.4, -0.2) is 46.3 Å². The van der Waals surface area contributed by atoms with Gasteiger partial charge in [0.2, 0.25) is 0 Å². The van der Waals surface area contributed by atoms with E-state index in [2.05, 4.69) is 22.4 Å². The van der Waals surface area contributed by atoms with Crippen molar-refractivity contribution in [3.05, 3.63) is 6.92 Å². The maximum atomic E-state index is 9.28. The predicted molar refractivity (Wildman–Crippen MR) is 44.9 cm³/mol. The second-order valence-corrected chi connectivity index (χ2v) is 2.73. The van der Waals surface area contributed by atoms with E-state index in [0.717, 1.165) is 0 Å². The molecular formula is C7H9NO3S. The zero-order valence-electron chi connectivity index (χ0n) is 6.25.